The summed E-state index contributed by atoms with van der Waals surface area (Å²) in [4.78, 5) is 0. The van der Waals surface area contributed by atoms with Crippen LogP contribution in [0.5, 0.6) is 0 Å². The molecule has 0 atom stereocenters. The minimum absolute atomic E-state index is 0.117. The average molecular weight is 330 g/mol. The highest BCUT2D eigenvalue weighted by Gasteiger charge is 2.08. The van der Waals surface area contributed by atoms with E-state index < -0.39 is 11.6 Å². The highest BCUT2D eigenvalue weighted by atomic mass is 79.9. The quantitative estimate of drug-likeness (QED) is 0.842. The third kappa shape index (κ3) is 3.53. The van der Waals surface area contributed by atoms with Crippen molar-refractivity contribution >= 4 is 21.6 Å². The lowest BCUT2D eigenvalue weighted by Gasteiger charge is -2.07. The van der Waals surface area contributed by atoms with E-state index in [9.17, 15) is 8.78 Å². The van der Waals surface area contributed by atoms with Crippen LogP contribution in [0.1, 0.15) is 18.9 Å². The van der Waals surface area contributed by atoms with Crippen LogP contribution in [-0.2, 0) is 13.1 Å². The molecule has 0 aliphatic heterocycles. The Labute approximate surface area is 118 Å². The fourth-order valence-electron chi connectivity index (χ4n) is 1.70. The second kappa shape index (κ2) is 6.14. The normalized spacial score (nSPS) is 10.7. The Morgan fingerprint density at radius 2 is 2.11 bits per heavy atom. The van der Waals surface area contributed by atoms with E-state index >= 15 is 0 Å². The molecule has 0 saturated heterocycles. The van der Waals surface area contributed by atoms with Gasteiger partial charge in [0.25, 0.3) is 0 Å². The summed E-state index contributed by atoms with van der Waals surface area (Å²) in [5.41, 5.74) is 1.07. The first-order valence-corrected chi connectivity index (χ1v) is 6.79. The van der Waals surface area contributed by atoms with Crippen molar-refractivity contribution in [1.82, 2.24) is 9.78 Å². The molecule has 0 saturated carbocycles. The van der Waals surface area contributed by atoms with E-state index in [4.69, 9.17) is 0 Å². The van der Waals surface area contributed by atoms with E-state index in [1.165, 1.54) is 0 Å². The summed E-state index contributed by atoms with van der Waals surface area (Å²) in [5, 5.41) is 7.04. The van der Waals surface area contributed by atoms with Gasteiger partial charge in [0.15, 0.2) is 0 Å². The maximum Gasteiger partial charge on any atom is 0.147 e. The fraction of sp³-hybridized carbons (Fsp3) is 0.308. The van der Waals surface area contributed by atoms with Gasteiger partial charge in [0, 0.05) is 30.9 Å². The molecule has 1 heterocycles. The molecule has 0 unspecified atom stereocenters. The van der Waals surface area contributed by atoms with Gasteiger partial charge in [-0.25, -0.2) is 8.78 Å². The van der Waals surface area contributed by atoms with E-state index in [1.807, 2.05) is 10.9 Å². The molecule has 0 radical (unpaired) electrons. The van der Waals surface area contributed by atoms with Crippen LogP contribution in [0.15, 0.2) is 29.0 Å². The number of nitrogens with one attached hydrogen (secondary N) is 1. The number of aromatic nitrogens is 2. The van der Waals surface area contributed by atoms with Gasteiger partial charge in [-0.15, -0.1) is 0 Å². The number of nitrogens with zero attached hydrogens (tertiary/aromatic N) is 2. The number of benzene rings is 1. The van der Waals surface area contributed by atoms with Gasteiger partial charge in [-0.1, -0.05) is 6.92 Å². The summed E-state index contributed by atoms with van der Waals surface area (Å²) < 4.78 is 28.8. The topological polar surface area (TPSA) is 29.9 Å². The summed E-state index contributed by atoms with van der Waals surface area (Å²) in [5.74, 6) is -0.986. The highest BCUT2D eigenvalue weighted by Crippen LogP contribution is 2.23. The van der Waals surface area contributed by atoms with Gasteiger partial charge in [-0.05, 0) is 28.4 Å². The lowest BCUT2D eigenvalue weighted by Crippen LogP contribution is -2.02. The van der Waals surface area contributed by atoms with Gasteiger partial charge in [0.1, 0.15) is 11.6 Å². The highest BCUT2D eigenvalue weighted by molar-refractivity contribution is 9.10. The average Bonchev–Trinajstić information content (AvgIpc) is 2.80. The van der Waals surface area contributed by atoms with E-state index in [0.717, 1.165) is 30.7 Å². The van der Waals surface area contributed by atoms with Crippen molar-refractivity contribution in [2.75, 3.05) is 5.32 Å². The van der Waals surface area contributed by atoms with Gasteiger partial charge in [0.2, 0.25) is 0 Å². The van der Waals surface area contributed by atoms with E-state index in [0.29, 0.717) is 6.54 Å². The number of halogens is 3. The molecule has 102 valence electrons. The molecule has 0 aliphatic rings. The number of anilines is 1. The zero-order valence-corrected chi connectivity index (χ0v) is 12.0. The minimum Gasteiger partial charge on any atom is -0.378 e. The maximum absolute atomic E-state index is 13.6. The Balaban J connectivity index is 2.03. The smallest absolute Gasteiger partial charge is 0.147 e. The Morgan fingerprint density at radius 1 is 1.32 bits per heavy atom. The van der Waals surface area contributed by atoms with E-state index in [-0.39, 0.29) is 10.2 Å². The second-order valence-corrected chi connectivity index (χ2v) is 5.07. The predicted octanol–water partition coefficient (Wildman–Crippen LogP) is 3.95. The first-order chi connectivity index (χ1) is 9.10. The van der Waals surface area contributed by atoms with Gasteiger partial charge < -0.3 is 5.32 Å². The van der Waals surface area contributed by atoms with Crippen LogP contribution >= 0.6 is 15.9 Å². The Hall–Kier alpha value is -1.43. The van der Waals surface area contributed by atoms with Crippen LogP contribution < -0.4 is 5.32 Å². The van der Waals surface area contributed by atoms with Crippen molar-refractivity contribution in [2.24, 2.45) is 0 Å². The SMILES string of the molecule is CCCn1cc(CNc2cc(F)c(Br)cc2F)cn1. The molecule has 3 nitrogen and oxygen atoms in total. The summed E-state index contributed by atoms with van der Waals surface area (Å²) >= 11 is 2.94. The molecule has 0 aliphatic carbocycles. The molecule has 1 aromatic heterocycles. The molecule has 0 fully saturated rings. The van der Waals surface area contributed by atoms with Crippen molar-refractivity contribution in [3.63, 3.8) is 0 Å². The molecule has 0 spiro atoms. The number of aryl methyl sites for hydroxylation is 1. The monoisotopic (exact) mass is 329 g/mol. The van der Waals surface area contributed by atoms with Gasteiger partial charge in [-0.2, -0.15) is 5.10 Å². The molecule has 1 aromatic carbocycles. The standard InChI is InChI=1S/C13H14BrF2N3/c1-2-3-19-8-9(7-18-19)6-17-13-5-11(15)10(14)4-12(13)16/h4-5,7-8,17H,2-3,6H2,1H3. The van der Waals surface area contributed by atoms with Crippen molar-refractivity contribution in [3.05, 3.63) is 46.2 Å². The van der Waals surface area contributed by atoms with Crippen LogP contribution in [0.3, 0.4) is 0 Å². The zero-order chi connectivity index (χ0) is 13.8. The maximum atomic E-state index is 13.6. The van der Waals surface area contributed by atoms with Crippen LogP contribution in [0.4, 0.5) is 14.5 Å². The third-order valence-electron chi connectivity index (χ3n) is 2.63. The van der Waals surface area contributed by atoms with E-state index in [2.05, 4.69) is 33.3 Å². The van der Waals surface area contributed by atoms with E-state index in [1.54, 1.807) is 6.20 Å². The summed E-state index contributed by atoms with van der Waals surface area (Å²) in [6, 6.07) is 2.24. The molecule has 19 heavy (non-hydrogen) atoms. The molecular weight excluding hydrogens is 316 g/mol. The number of hydrogen-bond acceptors (Lipinski definition) is 2. The Bertz CT molecular complexity index is 569. The van der Waals surface area contributed by atoms with Crippen LogP contribution in [0, 0.1) is 11.6 Å². The molecule has 1 N–H and O–H groups in total. The second-order valence-electron chi connectivity index (χ2n) is 4.21. The van der Waals surface area contributed by atoms with Crippen LogP contribution in [0.2, 0.25) is 0 Å². The Kier molecular flexibility index (Phi) is 4.52. The lowest BCUT2D eigenvalue weighted by atomic mass is 10.2. The number of hydrogen-bond donors (Lipinski definition) is 1. The zero-order valence-electron chi connectivity index (χ0n) is 10.5. The fourth-order valence-corrected chi connectivity index (χ4v) is 2.02. The number of rotatable bonds is 5. The molecule has 2 rings (SSSR count). The van der Waals surface area contributed by atoms with Crippen LogP contribution in [0.25, 0.3) is 0 Å². The lowest BCUT2D eigenvalue weighted by molar-refractivity contribution is 0.596. The summed E-state index contributed by atoms with van der Waals surface area (Å²) in [6.45, 7) is 3.32. The van der Waals surface area contributed by atoms with Crippen molar-refractivity contribution in [1.29, 1.82) is 0 Å². The first kappa shape index (κ1) is 14.0. The summed E-state index contributed by atoms with van der Waals surface area (Å²) in [6.07, 6.45) is 4.61. The van der Waals surface area contributed by atoms with Gasteiger partial charge >= 0.3 is 0 Å². The Morgan fingerprint density at radius 3 is 2.84 bits per heavy atom. The first-order valence-electron chi connectivity index (χ1n) is 6.00. The molecule has 0 bridgehead atoms. The molecule has 0 amide bonds. The van der Waals surface area contributed by atoms with Gasteiger partial charge in [0.05, 0.1) is 16.4 Å². The third-order valence-corrected chi connectivity index (χ3v) is 3.24. The summed E-state index contributed by atoms with van der Waals surface area (Å²) in [7, 11) is 0. The molecule has 6 heteroatoms. The van der Waals surface area contributed by atoms with Gasteiger partial charge in [-0.3, -0.25) is 4.68 Å². The van der Waals surface area contributed by atoms with Crippen LogP contribution in [-0.4, -0.2) is 9.78 Å². The molecule has 2 aromatic rings. The molecular formula is C13H14BrF2N3. The predicted molar refractivity (Wildman–Crippen MR) is 73.9 cm³/mol. The largest absolute Gasteiger partial charge is 0.378 e. The minimum atomic E-state index is -0.495. The van der Waals surface area contributed by atoms with Crippen molar-refractivity contribution in [3.8, 4) is 0 Å². The van der Waals surface area contributed by atoms with Crippen molar-refractivity contribution < 1.29 is 8.78 Å². The van der Waals surface area contributed by atoms with Crippen molar-refractivity contribution in [2.45, 2.75) is 26.4 Å².